The van der Waals surface area contributed by atoms with Gasteiger partial charge in [0.1, 0.15) is 5.75 Å². The second kappa shape index (κ2) is 7.98. The van der Waals surface area contributed by atoms with Gasteiger partial charge in [-0.2, -0.15) is 0 Å². The van der Waals surface area contributed by atoms with Gasteiger partial charge in [-0.1, -0.05) is 29.5 Å². The van der Waals surface area contributed by atoms with Gasteiger partial charge < -0.3 is 10.1 Å². The zero-order valence-corrected chi connectivity index (χ0v) is 14.8. The standard InChI is InChI=1S/C19H20N2O3S/c1-2-21-16-11-10-14(13-17(16)25-19(21)23)20-18(22)9-6-12-24-15-7-4-3-5-8-15/h3-5,7-8,10-11,13H,2,6,9,12H2,1H3,(H,20,22). The molecule has 130 valence electrons. The number of benzene rings is 2. The highest BCUT2D eigenvalue weighted by Gasteiger charge is 2.08. The molecule has 0 bridgehead atoms. The normalized spacial score (nSPS) is 10.8. The van der Waals surface area contributed by atoms with Crippen molar-refractivity contribution >= 4 is 33.1 Å². The lowest BCUT2D eigenvalue weighted by Gasteiger charge is -2.07. The fourth-order valence-electron chi connectivity index (χ4n) is 2.61. The van der Waals surface area contributed by atoms with Crippen molar-refractivity contribution in [1.29, 1.82) is 0 Å². The van der Waals surface area contributed by atoms with Crippen LogP contribution in [0.4, 0.5) is 5.69 Å². The van der Waals surface area contributed by atoms with Crippen molar-refractivity contribution in [1.82, 2.24) is 4.57 Å². The fraction of sp³-hybridized carbons (Fsp3) is 0.263. The van der Waals surface area contributed by atoms with E-state index in [1.54, 1.807) is 4.57 Å². The van der Waals surface area contributed by atoms with Gasteiger partial charge in [-0.25, -0.2) is 0 Å². The molecule has 0 aliphatic carbocycles. The summed E-state index contributed by atoms with van der Waals surface area (Å²) < 4.78 is 8.19. The van der Waals surface area contributed by atoms with Gasteiger partial charge >= 0.3 is 4.87 Å². The third-order valence-electron chi connectivity index (χ3n) is 3.83. The monoisotopic (exact) mass is 356 g/mol. The number of ether oxygens (including phenoxy) is 1. The van der Waals surface area contributed by atoms with E-state index in [-0.39, 0.29) is 10.8 Å². The Hall–Kier alpha value is -2.60. The molecule has 2 aromatic carbocycles. The Morgan fingerprint density at radius 2 is 2.00 bits per heavy atom. The Morgan fingerprint density at radius 1 is 1.20 bits per heavy atom. The summed E-state index contributed by atoms with van der Waals surface area (Å²) in [5.74, 6) is 0.752. The maximum Gasteiger partial charge on any atom is 0.308 e. The number of nitrogens with zero attached hydrogens (tertiary/aromatic N) is 1. The number of para-hydroxylation sites is 1. The molecule has 3 aromatic rings. The average Bonchev–Trinajstić information content (AvgIpc) is 2.94. The second-order valence-electron chi connectivity index (χ2n) is 5.61. The van der Waals surface area contributed by atoms with Crippen LogP contribution in [-0.4, -0.2) is 17.1 Å². The first-order chi connectivity index (χ1) is 12.2. The van der Waals surface area contributed by atoms with Crippen LogP contribution in [0.2, 0.25) is 0 Å². The first-order valence-corrected chi connectivity index (χ1v) is 9.10. The number of carbonyl (C=O) groups excluding carboxylic acids is 1. The first-order valence-electron chi connectivity index (χ1n) is 8.28. The van der Waals surface area contributed by atoms with Crippen LogP contribution in [0.3, 0.4) is 0 Å². The first kappa shape index (κ1) is 17.2. The maximum absolute atomic E-state index is 12.1. The molecular weight excluding hydrogens is 336 g/mol. The van der Waals surface area contributed by atoms with Crippen LogP contribution >= 0.6 is 11.3 Å². The Morgan fingerprint density at radius 3 is 2.76 bits per heavy atom. The predicted octanol–water partition coefficient (Wildman–Crippen LogP) is 3.88. The van der Waals surface area contributed by atoms with Crippen molar-refractivity contribution in [2.24, 2.45) is 0 Å². The van der Waals surface area contributed by atoms with Gasteiger partial charge in [0.2, 0.25) is 5.91 Å². The van der Waals surface area contributed by atoms with Crippen molar-refractivity contribution in [2.45, 2.75) is 26.3 Å². The van der Waals surface area contributed by atoms with Crippen molar-refractivity contribution in [3.63, 3.8) is 0 Å². The number of thiazole rings is 1. The molecular formula is C19H20N2O3S. The van der Waals surface area contributed by atoms with Gasteiger partial charge in [-0.15, -0.1) is 0 Å². The molecule has 1 heterocycles. The van der Waals surface area contributed by atoms with E-state index in [1.165, 1.54) is 11.3 Å². The topological polar surface area (TPSA) is 60.3 Å². The summed E-state index contributed by atoms with van der Waals surface area (Å²) in [6, 6.07) is 15.1. The van der Waals surface area contributed by atoms with Gasteiger partial charge in [0.25, 0.3) is 0 Å². The fourth-order valence-corrected chi connectivity index (χ4v) is 3.60. The number of nitrogens with one attached hydrogen (secondary N) is 1. The number of carbonyl (C=O) groups is 1. The van der Waals surface area contributed by atoms with E-state index in [1.807, 2.05) is 55.5 Å². The molecule has 0 atom stereocenters. The molecule has 0 aliphatic heterocycles. The third-order valence-corrected chi connectivity index (χ3v) is 4.77. The van der Waals surface area contributed by atoms with E-state index in [4.69, 9.17) is 4.74 Å². The molecule has 0 unspecified atom stereocenters. The molecule has 3 rings (SSSR count). The SMILES string of the molecule is CCn1c(=O)sc2cc(NC(=O)CCCOc3ccccc3)ccc21. The zero-order chi connectivity index (χ0) is 17.6. The number of hydrogen-bond donors (Lipinski definition) is 1. The largest absolute Gasteiger partial charge is 0.494 e. The molecule has 0 radical (unpaired) electrons. The Labute approximate surface area is 149 Å². The third kappa shape index (κ3) is 4.28. The minimum Gasteiger partial charge on any atom is -0.494 e. The molecule has 0 fully saturated rings. The van der Waals surface area contributed by atoms with Crippen LogP contribution < -0.4 is 14.9 Å². The summed E-state index contributed by atoms with van der Waals surface area (Å²) in [6.07, 6.45) is 1.03. The molecule has 0 aliphatic rings. The van der Waals surface area contributed by atoms with Crippen LogP contribution in [-0.2, 0) is 11.3 Å². The molecule has 0 saturated carbocycles. The van der Waals surface area contributed by atoms with E-state index in [0.717, 1.165) is 16.0 Å². The van der Waals surface area contributed by atoms with Crippen molar-refractivity contribution < 1.29 is 9.53 Å². The number of hydrogen-bond acceptors (Lipinski definition) is 4. The van der Waals surface area contributed by atoms with E-state index < -0.39 is 0 Å². The summed E-state index contributed by atoms with van der Waals surface area (Å²) in [5.41, 5.74) is 1.62. The van der Waals surface area contributed by atoms with Crippen molar-refractivity contribution in [2.75, 3.05) is 11.9 Å². The highest BCUT2D eigenvalue weighted by atomic mass is 32.1. The van der Waals surface area contributed by atoms with E-state index >= 15 is 0 Å². The van der Waals surface area contributed by atoms with Gasteiger partial charge in [0, 0.05) is 18.7 Å². The van der Waals surface area contributed by atoms with E-state index in [9.17, 15) is 9.59 Å². The summed E-state index contributed by atoms with van der Waals surface area (Å²) in [7, 11) is 0. The summed E-state index contributed by atoms with van der Waals surface area (Å²) >= 11 is 1.20. The Balaban J connectivity index is 1.52. The minimum atomic E-state index is -0.0571. The molecule has 25 heavy (non-hydrogen) atoms. The summed E-state index contributed by atoms with van der Waals surface area (Å²) in [5, 5.41) is 2.88. The van der Waals surface area contributed by atoms with E-state index in [0.29, 0.717) is 31.7 Å². The van der Waals surface area contributed by atoms with Crippen LogP contribution in [0.25, 0.3) is 10.2 Å². The van der Waals surface area contributed by atoms with Gasteiger partial charge in [0.15, 0.2) is 0 Å². The highest BCUT2D eigenvalue weighted by Crippen LogP contribution is 2.22. The molecule has 1 aromatic heterocycles. The van der Waals surface area contributed by atoms with Crippen LogP contribution in [0, 0.1) is 0 Å². The van der Waals surface area contributed by atoms with Gasteiger partial charge in [0.05, 0.1) is 16.8 Å². The van der Waals surface area contributed by atoms with Gasteiger partial charge in [-0.05, 0) is 43.7 Å². The smallest absolute Gasteiger partial charge is 0.308 e. The van der Waals surface area contributed by atoms with Crippen LogP contribution in [0.15, 0.2) is 53.3 Å². The van der Waals surface area contributed by atoms with Crippen LogP contribution in [0.5, 0.6) is 5.75 Å². The number of rotatable bonds is 7. The number of anilines is 1. The quantitative estimate of drug-likeness (QED) is 0.654. The average molecular weight is 356 g/mol. The Bertz CT molecular complexity index is 915. The molecule has 0 saturated heterocycles. The number of aryl methyl sites for hydroxylation is 1. The zero-order valence-electron chi connectivity index (χ0n) is 14.0. The lowest BCUT2D eigenvalue weighted by molar-refractivity contribution is -0.116. The molecule has 1 N–H and O–H groups in total. The maximum atomic E-state index is 12.1. The molecule has 5 nitrogen and oxygen atoms in total. The lowest BCUT2D eigenvalue weighted by atomic mass is 10.2. The summed E-state index contributed by atoms with van der Waals surface area (Å²) in [6.45, 7) is 3.09. The van der Waals surface area contributed by atoms with Gasteiger partial charge in [-0.3, -0.25) is 14.2 Å². The number of aromatic nitrogens is 1. The minimum absolute atomic E-state index is 0.0269. The molecule has 6 heteroatoms. The van der Waals surface area contributed by atoms with Crippen molar-refractivity contribution in [3.05, 3.63) is 58.2 Å². The molecule has 1 amide bonds. The lowest BCUT2D eigenvalue weighted by Crippen LogP contribution is -2.13. The van der Waals surface area contributed by atoms with E-state index in [2.05, 4.69) is 5.32 Å². The second-order valence-corrected chi connectivity index (χ2v) is 6.60. The highest BCUT2D eigenvalue weighted by molar-refractivity contribution is 7.16. The number of amides is 1. The summed E-state index contributed by atoms with van der Waals surface area (Å²) in [4.78, 5) is 24.0. The Kier molecular flexibility index (Phi) is 5.50. The van der Waals surface area contributed by atoms with Crippen molar-refractivity contribution in [3.8, 4) is 5.75 Å². The van der Waals surface area contributed by atoms with Crippen LogP contribution in [0.1, 0.15) is 19.8 Å². The number of fused-ring (bicyclic) bond motifs is 1. The predicted molar refractivity (Wildman–Crippen MR) is 102 cm³/mol. The molecule has 0 spiro atoms.